The number of alkyl halides is 3. The van der Waals surface area contributed by atoms with Gasteiger partial charge in [-0.05, 0) is 35.9 Å². The maximum Gasteiger partial charge on any atom is 0.436 e. The van der Waals surface area contributed by atoms with E-state index >= 15 is 0 Å². The molecule has 0 saturated carbocycles. The van der Waals surface area contributed by atoms with Gasteiger partial charge in [-0.3, -0.25) is 10.1 Å². The molecule has 0 spiro atoms. The lowest BCUT2D eigenvalue weighted by Gasteiger charge is -2.24. The summed E-state index contributed by atoms with van der Waals surface area (Å²) in [6.45, 7) is -0.0808. The van der Waals surface area contributed by atoms with Gasteiger partial charge in [0.25, 0.3) is 11.8 Å². The molecule has 1 heterocycles. The molecule has 0 radical (unpaired) electrons. The van der Waals surface area contributed by atoms with Gasteiger partial charge < -0.3 is 9.84 Å². The van der Waals surface area contributed by atoms with Crippen molar-refractivity contribution in [3.8, 4) is 17.6 Å². The second-order valence-electron chi connectivity index (χ2n) is 5.72. The predicted molar refractivity (Wildman–Crippen MR) is 90.2 cm³/mol. The smallest absolute Gasteiger partial charge is 0.436 e. The topological polar surface area (TPSA) is 72.6 Å². The van der Waals surface area contributed by atoms with E-state index in [1.165, 1.54) is 18.2 Å². The molecular formula is C19H12F3NO4. The first kappa shape index (κ1) is 18.5. The standard InChI is InChI=1S/C19H12F3NO4/c20-19(21,22)18-16(23(25)26)10-15-9-13(7-8-17(15)27-18)4-1-12-2-5-14(11-24)6-3-12/h2-3,5-10,18,24H,11H2. The third-order valence-electron chi connectivity index (χ3n) is 3.82. The summed E-state index contributed by atoms with van der Waals surface area (Å²) < 4.78 is 43.7. The van der Waals surface area contributed by atoms with Crippen molar-refractivity contribution in [1.82, 2.24) is 0 Å². The van der Waals surface area contributed by atoms with E-state index in [4.69, 9.17) is 9.84 Å². The lowest BCUT2D eigenvalue weighted by molar-refractivity contribution is -0.443. The number of aliphatic hydroxyl groups is 1. The van der Waals surface area contributed by atoms with Gasteiger partial charge in [0.15, 0.2) is 0 Å². The Hall–Kier alpha value is -3.31. The highest BCUT2D eigenvalue weighted by atomic mass is 19.4. The highest BCUT2D eigenvalue weighted by Gasteiger charge is 2.51. The molecule has 1 atom stereocenters. The van der Waals surface area contributed by atoms with Crippen LogP contribution in [0.2, 0.25) is 0 Å². The van der Waals surface area contributed by atoms with E-state index < -0.39 is 22.9 Å². The first-order chi connectivity index (χ1) is 12.8. The summed E-state index contributed by atoms with van der Waals surface area (Å²) in [5, 5.41) is 20.0. The third-order valence-corrected chi connectivity index (χ3v) is 3.82. The van der Waals surface area contributed by atoms with Crippen LogP contribution in [0.15, 0.2) is 48.2 Å². The Morgan fingerprint density at radius 3 is 2.33 bits per heavy atom. The molecule has 8 heteroatoms. The minimum Gasteiger partial charge on any atom is -0.469 e. The molecule has 3 rings (SSSR count). The quantitative estimate of drug-likeness (QED) is 0.495. The van der Waals surface area contributed by atoms with Crippen LogP contribution in [-0.4, -0.2) is 22.3 Å². The lowest BCUT2D eigenvalue weighted by Crippen LogP contribution is -2.40. The maximum absolute atomic E-state index is 13.0. The van der Waals surface area contributed by atoms with E-state index in [2.05, 4.69) is 11.8 Å². The first-order valence-corrected chi connectivity index (χ1v) is 7.73. The Balaban J connectivity index is 1.92. The summed E-state index contributed by atoms with van der Waals surface area (Å²) in [4.78, 5) is 9.89. The molecule has 1 N–H and O–H groups in total. The number of hydrogen-bond donors (Lipinski definition) is 1. The minimum absolute atomic E-state index is 0.0808. The van der Waals surface area contributed by atoms with Crippen LogP contribution in [-0.2, 0) is 6.61 Å². The van der Waals surface area contributed by atoms with Crippen LogP contribution < -0.4 is 4.74 Å². The highest BCUT2D eigenvalue weighted by Crippen LogP contribution is 2.37. The fourth-order valence-electron chi connectivity index (χ4n) is 2.49. The van der Waals surface area contributed by atoms with Crippen LogP contribution in [0.5, 0.6) is 5.75 Å². The second-order valence-corrected chi connectivity index (χ2v) is 5.72. The van der Waals surface area contributed by atoms with Crippen LogP contribution in [0, 0.1) is 22.0 Å². The van der Waals surface area contributed by atoms with Crippen molar-refractivity contribution in [3.05, 3.63) is 80.5 Å². The van der Waals surface area contributed by atoms with Gasteiger partial charge in [0.1, 0.15) is 5.75 Å². The monoisotopic (exact) mass is 375 g/mol. The minimum atomic E-state index is -4.89. The van der Waals surface area contributed by atoms with Crippen molar-refractivity contribution in [1.29, 1.82) is 0 Å². The molecule has 5 nitrogen and oxygen atoms in total. The fraction of sp³-hybridized carbons (Fsp3) is 0.158. The van der Waals surface area contributed by atoms with Crippen LogP contribution >= 0.6 is 0 Å². The number of benzene rings is 2. The average Bonchev–Trinajstić information content (AvgIpc) is 2.64. The largest absolute Gasteiger partial charge is 0.469 e. The summed E-state index contributed by atoms with van der Waals surface area (Å²) in [6.07, 6.45) is -6.64. The molecule has 2 aromatic carbocycles. The number of nitrogens with zero attached hydrogens (tertiary/aromatic N) is 1. The number of hydrogen-bond acceptors (Lipinski definition) is 4. The zero-order valence-electron chi connectivity index (χ0n) is 13.7. The van der Waals surface area contributed by atoms with E-state index in [0.717, 1.165) is 11.6 Å². The van der Waals surface area contributed by atoms with Gasteiger partial charge in [0.2, 0.25) is 0 Å². The third kappa shape index (κ3) is 4.10. The van der Waals surface area contributed by atoms with Gasteiger partial charge >= 0.3 is 6.18 Å². The van der Waals surface area contributed by atoms with E-state index in [1.807, 2.05) is 0 Å². The van der Waals surface area contributed by atoms with Gasteiger partial charge in [-0.1, -0.05) is 24.0 Å². The van der Waals surface area contributed by atoms with Crippen LogP contribution in [0.1, 0.15) is 22.3 Å². The molecule has 0 fully saturated rings. The van der Waals surface area contributed by atoms with E-state index in [9.17, 15) is 23.3 Å². The molecule has 0 bridgehead atoms. The maximum atomic E-state index is 13.0. The van der Waals surface area contributed by atoms with Crippen molar-refractivity contribution < 1.29 is 27.9 Å². The van der Waals surface area contributed by atoms with Crippen molar-refractivity contribution >= 4 is 6.08 Å². The molecule has 1 aliphatic rings. The Morgan fingerprint density at radius 1 is 1.11 bits per heavy atom. The number of aliphatic hydroxyl groups excluding tert-OH is 1. The van der Waals surface area contributed by atoms with Gasteiger partial charge in [-0.2, -0.15) is 13.2 Å². The van der Waals surface area contributed by atoms with Crippen molar-refractivity contribution in [3.63, 3.8) is 0 Å². The normalized spacial score (nSPS) is 15.7. The van der Waals surface area contributed by atoms with E-state index in [-0.39, 0.29) is 17.9 Å². The van der Waals surface area contributed by atoms with Crippen LogP contribution in [0.3, 0.4) is 0 Å². The van der Waals surface area contributed by atoms with Gasteiger partial charge in [0, 0.05) is 22.8 Å². The number of nitro groups is 1. The fourth-order valence-corrected chi connectivity index (χ4v) is 2.49. The summed E-state index contributed by atoms with van der Waals surface area (Å²) in [5.74, 6) is 5.63. The molecule has 138 valence electrons. The van der Waals surface area contributed by atoms with Gasteiger partial charge in [-0.25, -0.2) is 0 Å². The number of ether oxygens (including phenoxy) is 1. The summed E-state index contributed by atoms with van der Waals surface area (Å²) in [6, 6.07) is 11.1. The van der Waals surface area contributed by atoms with Crippen LogP contribution in [0.25, 0.3) is 6.08 Å². The average molecular weight is 375 g/mol. The van der Waals surface area contributed by atoms with Crippen molar-refractivity contribution in [2.24, 2.45) is 0 Å². The zero-order valence-corrected chi connectivity index (χ0v) is 13.7. The molecule has 0 aromatic heterocycles. The predicted octanol–water partition coefficient (Wildman–Crippen LogP) is 3.52. The summed E-state index contributed by atoms with van der Waals surface area (Å²) in [7, 11) is 0. The van der Waals surface area contributed by atoms with E-state index in [1.54, 1.807) is 24.3 Å². The molecule has 1 aliphatic heterocycles. The van der Waals surface area contributed by atoms with E-state index in [0.29, 0.717) is 11.1 Å². The summed E-state index contributed by atoms with van der Waals surface area (Å²) in [5.41, 5.74) is 0.972. The molecule has 0 amide bonds. The molecule has 27 heavy (non-hydrogen) atoms. The van der Waals surface area contributed by atoms with Gasteiger partial charge in [0.05, 0.1) is 11.5 Å². The Labute approximate surface area is 151 Å². The Bertz CT molecular complexity index is 969. The van der Waals surface area contributed by atoms with Crippen molar-refractivity contribution in [2.75, 3.05) is 0 Å². The number of fused-ring (bicyclic) bond motifs is 1. The SMILES string of the molecule is O=[N+]([O-])C1=Cc2cc(C#Cc3ccc(CO)cc3)ccc2OC1C(F)(F)F. The number of rotatable bonds is 2. The summed E-state index contributed by atoms with van der Waals surface area (Å²) >= 11 is 0. The zero-order chi connectivity index (χ0) is 19.6. The highest BCUT2D eigenvalue weighted by molar-refractivity contribution is 5.64. The van der Waals surface area contributed by atoms with Crippen molar-refractivity contribution in [2.45, 2.75) is 18.9 Å². The Morgan fingerprint density at radius 2 is 1.74 bits per heavy atom. The second kappa shape index (κ2) is 7.13. The van der Waals surface area contributed by atoms with Crippen LogP contribution in [0.4, 0.5) is 13.2 Å². The number of halogens is 3. The first-order valence-electron chi connectivity index (χ1n) is 7.73. The molecular weight excluding hydrogens is 363 g/mol. The molecule has 2 aromatic rings. The molecule has 1 unspecified atom stereocenters. The molecule has 0 aliphatic carbocycles. The molecule has 0 saturated heterocycles. The Kier molecular flexibility index (Phi) is 4.88. The lowest BCUT2D eigenvalue weighted by atomic mass is 10.0. The van der Waals surface area contributed by atoms with Gasteiger partial charge in [-0.15, -0.1) is 0 Å².